The molecule has 0 saturated carbocycles. The van der Waals surface area contributed by atoms with Crippen molar-refractivity contribution in [1.29, 1.82) is 5.26 Å². The first-order valence-corrected chi connectivity index (χ1v) is 12.1. The smallest absolute Gasteiger partial charge is 0.269 e. The zero-order valence-corrected chi connectivity index (χ0v) is 20.2. The molecule has 1 heterocycles. The molecule has 0 aliphatic heterocycles. The summed E-state index contributed by atoms with van der Waals surface area (Å²) in [5.74, 6) is -1.65. The van der Waals surface area contributed by atoms with Gasteiger partial charge in [0.2, 0.25) is 0 Å². The number of nitrogens with one attached hydrogen (secondary N) is 2. The third-order valence-corrected chi connectivity index (χ3v) is 5.96. The van der Waals surface area contributed by atoms with Gasteiger partial charge in [-0.2, -0.15) is 13.7 Å². The highest BCUT2D eigenvalue weighted by molar-refractivity contribution is 7.85. The number of aryl methyl sites for hydroxylation is 1. The van der Waals surface area contributed by atoms with Crippen molar-refractivity contribution in [3.8, 4) is 6.07 Å². The summed E-state index contributed by atoms with van der Waals surface area (Å²) in [6.45, 7) is 5.03. The van der Waals surface area contributed by atoms with Crippen LogP contribution in [0.15, 0.2) is 60.9 Å². The molecule has 9 nitrogen and oxygen atoms in total. The lowest BCUT2D eigenvalue weighted by Gasteiger charge is -2.18. The third-order valence-electron chi connectivity index (χ3n) is 5.26. The molecule has 3 aromatic rings. The molecule has 0 unspecified atom stereocenters. The van der Waals surface area contributed by atoms with Crippen LogP contribution in [0.1, 0.15) is 51.3 Å². The van der Waals surface area contributed by atoms with E-state index >= 15 is 0 Å². The molecule has 0 saturated heterocycles. The summed E-state index contributed by atoms with van der Waals surface area (Å²) in [4.78, 5) is 29.7. The monoisotopic (exact) mass is 492 g/mol. The molecule has 2 aromatic carbocycles. The summed E-state index contributed by atoms with van der Waals surface area (Å²) < 4.78 is 32.1. The van der Waals surface area contributed by atoms with Crippen molar-refractivity contribution in [3.63, 3.8) is 0 Å². The Labute approximate surface area is 203 Å². The molecular weight excluding hydrogens is 468 g/mol. The summed E-state index contributed by atoms with van der Waals surface area (Å²) in [5, 5.41) is 14.9. The molecule has 180 valence electrons. The Bertz CT molecular complexity index is 1430. The Morgan fingerprint density at radius 3 is 2.40 bits per heavy atom. The van der Waals surface area contributed by atoms with Gasteiger partial charge in [0.15, 0.2) is 0 Å². The molecular formula is C25H24N4O5S. The fourth-order valence-corrected chi connectivity index (χ4v) is 3.91. The van der Waals surface area contributed by atoms with Crippen LogP contribution >= 0.6 is 0 Å². The summed E-state index contributed by atoms with van der Waals surface area (Å²) in [7, 11) is -4.36. The maximum absolute atomic E-state index is 13.0. The van der Waals surface area contributed by atoms with E-state index in [4.69, 9.17) is 0 Å². The van der Waals surface area contributed by atoms with E-state index in [0.29, 0.717) is 28.1 Å². The fourth-order valence-electron chi connectivity index (χ4n) is 3.33. The number of nitriles is 1. The minimum atomic E-state index is -4.36. The molecule has 0 spiro atoms. The lowest BCUT2D eigenvalue weighted by atomic mass is 9.84. The Hall–Kier alpha value is -4.07. The average Bonchev–Trinajstić information content (AvgIpc) is 2.79. The minimum absolute atomic E-state index is 0.103. The number of rotatable bonds is 7. The number of benzene rings is 2. The van der Waals surface area contributed by atoms with Gasteiger partial charge in [0, 0.05) is 23.0 Å². The van der Waals surface area contributed by atoms with Gasteiger partial charge in [0.1, 0.15) is 5.75 Å². The Morgan fingerprint density at radius 2 is 1.77 bits per heavy atom. The van der Waals surface area contributed by atoms with Crippen LogP contribution in [0.25, 0.3) is 0 Å². The zero-order chi connectivity index (χ0) is 25.8. The van der Waals surface area contributed by atoms with Gasteiger partial charge in [0.25, 0.3) is 21.9 Å². The molecule has 0 bridgehead atoms. The van der Waals surface area contributed by atoms with E-state index in [9.17, 15) is 27.8 Å². The quantitative estimate of drug-likeness (QED) is 0.421. The summed E-state index contributed by atoms with van der Waals surface area (Å²) in [6, 6.07) is 14.7. The van der Waals surface area contributed by atoms with E-state index in [0.717, 1.165) is 0 Å². The van der Waals surface area contributed by atoms with Gasteiger partial charge in [-0.1, -0.05) is 12.1 Å². The molecule has 2 amide bonds. The Balaban J connectivity index is 1.91. The first-order chi connectivity index (χ1) is 16.4. The molecule has 0 aliphatic rings. The Kier molecular flexibility index (Phi) is 7.34. The van der Waals surface area contributed by atoms with Gasteiger partial charge >= 0.3 is 0 Å². The van der Waals surface area contributed by atoms with Gasteiger partial charge in [0.05, 0.1) is 23.4 Å². The summed E-state index contributed by atoms with van der Waals surface area (Å²) >= 11 is 0. The number of aromatic nitrogens is 1. The minimum Gasteiger partial charge on any atom is -0.322 e. The predicted molar refractivity (Wildman–Crippen MR) is 132 cm³/mol. The van der Waals surface area contributed by atoms with Crippen molar-refractivity contribution in [2.24, 2.45) is 0 Å². The highest BCUT2D eigenvalue weighted by Gasteiger charge is 2.23. The number of carbonyl (C=O) groups is 2. The van der Waals surface area contributed by atoms with Crippen molar-refractivity contribution < 1.29 is 22.6 Å². The van der Waals surface area contributed by atoms with Crippen molar-refractivity contribution in [3.05, 3.63) is 88.7 Å². The predicted octanol–water partition coefficient (Wildman–Crippen LogP) is 4.08. The van der Waals surface area contributed by atoms with Crippen LogP contribution in [0, 0.1) is 18.3 Å². The van der Waals surface area contributed by atoms with E-state index in [-0.39, 0.29) is 17.0 Å². The molecule has 35 heavy (non-hydrogen) atoms. The van der Waals surface area contributed by atoms with Gasteiger partial charge in [-0.05, 0) is 73.9 Å². The first-order valence-electron chi connectivity index (χ1n) is 10.5. The third kappa shape index (κ3) is 6.72. The molecule has 3 N–H and O–H groups in total. The normalized spacial score (nSPS) is 11.4. The van der Waals surface area contributed by atoms with E-state index in [2.05, 4.69) is 21.7 Å². The topological polar surface area (TPSA) is 149 Å². The second-order valence-corrected chi connectivity index (χ2v) is 10.0. The summed E-state index contributed by atoms with van der Waals surface area (Å²) in [5.41, 5.74) is 1.59. The maximum Gasteiger partial charge on any atom is 0.269 e. The van der Waals surface area contributed by atoms with Gasteiger partial charge in [-0.15, -0.1) is 0 Å². The highest BCUT2D eigenvalue weighted by atomic mass is 32.2. The molecule has 1 aromatic heterocycles. The average molecular weight is 493 g/mol. The van der Waals surface area contributed by atoms with E-state index in [1.165, 1.54) is 30.5 Å². The van der Waals surface area contributed by atoms with Crippen LogP contribution in [-0.2, 0) is 21.3 Å². The van der Waals surface area contributed by atoms with Crippen LogP contribution in [-0.4, -0.2) is 29.8 Å². The van der Waals surface area contributed by atoms with Crippen LogP contribution in [0.4, 0.5) is 11.4 Å². The van der Waals surface area contributed by atoms with Gasteiger partial charge < -0.3 is 10.6 Å². The van der Waals surface area contributed by atoms with Crippen LogP contribution < -0.4 is 10.6 Å². The van der Waals surface area contributed by atoms with Crippen LogP contribution in [0.3, 0.4) is 0 Å². The molecule has 3 rings (SSSR count). The van der Waals surface area contributed by atoms with Crippen LogP contribution in [0.2, 0.25) is 0 Å². The van der Waals surface area contributed by atoms with Crippen molar-refractivity contribution in [2.75, 3.05) is 10.6 Å². The SMILES string of the molecule is Cc1ccc(NC(=O)c2cc(CS(=O)(=O)O)cc(C(C)(C)C#N)c2)cc1C(=O)Nc1cccnc1. The fraction of sp³-hybridized carbons (Fsp3) is 0.200. The summed E-state index contributed by atoms with van der Waals surface area (Å²) in [6.07, 6.45) is 3.10. The largest absolute Gasteiger partial charge is 0.322 e. The number of anilines is 2. The molecule has 0 atom stereocenters. The number of hydrogen-bond acceptors (Lipinski definition) is 6. The second-order valence-electron chi connectivity index (χ2n) is 8.56. The molecule has 0 radical (unpaired) electrons. The lowest BCUT2D eigenvalue weighted by Crippen LogP contribution is -2.19. The number of carbonyl (C=O) groups excluding carboxylic acids is 2. The lowest BCUT2D eigenvalue weighted by molar-refractivity contribution is 0.101. The number of nitrogens with zero attached hydrogens (tertiary/aromatic N) is 2. The van der Waals surface area contributed by atoms with Gasteiger partial charge in [-0.3, -0.25) is 19.1 Å². The van der Waals surface area contributed by atoms with Crippen molar-refractivity contribution in [2.45, 2.75) is 31.9 Å². The van der Waals surface area contributed by atoms with Crippen molar-refractivity contribution in [1.82, 2.24) is 4.98 Å². The number of amides is 2. The standard InChI is InChI=1S/C25H24N4O5S/c1-16-6-7-20(12-22(16)24(31)29-21-5-4-8-27-13-21)28-23(30)18-9-17(14-35(32,33)34)10-19(11-18)25(2,3)15-26/h4-13H,14H2,1-3H3,(H,28,30)(H,29,31)(H,32,33,34). The highest BCUT2D eigenvalue weighted by Crippen LogP contribution is 2.26. The Morgan fingerprint density at radius 1 is 1.06 bits per heavy atom. The molecule has 0 aliphatic carbocycles. The van der Waals surface area contributed by atoms with E-state index in [1.807, 2.05) is 0 Å². The molecule has 10 heteroatoms. The van der Waals surface area contributed by atoms with E-state index in [1.54, 1.807) is 51.2 Å². The zero-order valence-electron chi connectivity index (χ0n) is 19.4. The first kappa shape index (κ1) is 25.6. The van der Waals surface area contributed by atoms with Gasteiger partial charge in [-0.25, -0.2) is 0 Å². The molecule has 0 fully saturated rings. The second kappa shape index (κ2) is 10.0. The van der Waals surface area contributed by atoms with Crippen molar-refractivity contribution >= 4 is 33.3 Å². The maximum atomic E-state index is 13.0. The number of hydrogen-bond donors (Lipinski definition) is 3. The number of pyridine rings is 1. The van der Waals surface area contributed by atoms with E-state index < -0.39 is 27.2 Å². The van der Waals surface area contributed by atoms with Crippen LogP contribution in [0.5, 0.6) is 0 Å².